The van der Waals surface area contributed by atoms with E-state index in [2.05, 4.69) is 5.32 Å². The smallest absolute Gasteiger partial charge is 0.308 e. The monoisotopic (exact) mass is 358 g/mol. The summed E-state index contributed by atoms with van der Waals surface area (Å²) in [5.74, 6) is 1.05. The molecule has 0 bridgehead atoms. The molecule has 3 aromatic rings. The van der Waals surface area contributed by atoms with E-state index in [0.29, 0.717) is 18.0 Å². The number of ether oxygens (including phenoxy) is 2. The predicted molar refractivity (Wildman–Crippen MR) is 98.9 cm³/mol. The Kier molecular flexibility index (Phi) is 5.04. The zero-order valence-electron chi connectivity index (χ0n) is 13.9. The number of hydrogen-bond acceptors (Lipinski definition) is 5. The number of benzene rings is 2. The number of anilines is 1. The van der Waals surface area contributed by atoms with Crippen LogP contribution >= 0.6 is 11.3 Å². The second-order valence-corrected chi connectivity index (χ2v) is 6.30. The van der Waals surface area contributed by atoms with Gasteiger partial charge in [-0.05, 0) is 49.4 Å². The largest absolute Gasteiger partial charge is 0.497 e. The first-order valence-corrected chi connectivity index (χ1v) is 8.62. The minimum Gasteiger partial charge on any atom is -0.497 e. The van der Waals surface area contributed by atoms with Gasteiger partial charge in [-0.25, -0.2) is 0 Å². The third-order valence-electron chi connectivity index (χ3n) is 3.70. The van der Waals surface area contributed by atoms with Crippen LogP contribution in [0.2, 0.25) is 0 Å². The van der Waals surface area contributed by atoms with E-state index in [1.165, 1.54) is 11.3 Å². The molecule has 1 heterocycles. The Morgan fingerprint density at radius 2 is 1.88 bits per heavy atom. The van der Waals surface area contributed by atoms with Crippen LogP contribution in [0.15, 0.2) is 47.3 Å². The van der Waals surface area contributed by atoms with Gasteiger partial charge in [-0.3, -0.25) is 14.2 Å². The highest BCUT2D eigenvalue weighted by Crippen LogP contribution is 2.22. The summed E-state index contributed by atoms with van der Waals surface area (Å²) in [6.45, 7) is 2.45. The first kappa shape index (κ1) is 17.0. The van der Waals surface area contributed by atoms with Crippen molar-refractivity contribution in [2.75, 3.05) is 19.0 Å². The molecule has 2 aromatic carbocycles. The number of aromatic nitrogens is 1. The number of amides is 1. The van der Waals surface area contributed by atoms with Gasteiger partial charge in [0.1, 0.15) is 11.5 Å². The van der Waals surface area contributed by atoms with Gasteiger partial charge in [-0.2, -0.15) is 0 Å². The fourth-order valence-electron chi connectivity index (χ4n) is 2.46. The van der Waals surface area contributed by atoms with E-state index in [-0.39, 0.29) is 17.4 Å². The Morgan fingerprint density at radius 1 is 1.16 bits per heavy atom. The number of fused-ring (bicyclic) bond motifs is 1. The lowest BCUT2D eigenvalue weighted by Crippen LogP contribution is -2.20. The van der Waals surface area contributed by atoms with E-state index in [1.54, 1.807) is 48.1 Å². The minimum absolute atomic E-state index is 0.00353. The summed E-state index contributed by atoms with van der Waals surface area (Å²) in [6.07, 6.45) is 0. The molecule has 1 amide bonds. The van der Waals surface area contributed by atoms with Gasteiger partial charge >= 0.3 is 4.87 Å². The van der Waals surface area contributed by atoms with Gasteiger partial charge in [-0.1, -0.05) is 11.3 Å². The van der Waals surface area contributed by atoms with Crippen molar-refractivity contribution < 1.29 is 14.3 Å². The van der Waals surface area contributed by atoms with Crippen LogP contribution in [0.5, 0.6) is 11.5 Å². The highest BCUT2D eigenvalue weighted by molar-refractivity contribution is 7.16. The maximum absolute atomic E-state index is 12.0. The number of carbonyl (C=O) groups is 1. The van der Waals surface area contributed by atoms with Crippen molar-refractivity contribution in [3.63, 3.8) is 0 Å². The molecular weight excluding hydrogens is 340 g/mol. The molecule has 0 atom stereocenters. The molecule has 0 fully saturated rings. The molecule has 0 aliphatic heterocycles. The minimum atomic E-state index is -0.266. The Balaban J connectivity index is 1.64. The zero-order chi connectivity index (χ0) is 17.8. The van der Waals surface area contributed by atoms with Crippen molar-refractivity contribution in [2.24, 2.45) is 0 Å². The van der Waals surface area contributed by atoms with Gasteiger partial charge in [0.05, 0.1) is 17.3 Å². The molecule has 6 nitrogen and oxygen atoms in total. The maximum atomic E-state index is 12.0. The van der Waals surface area contributed by atoms with Gasteiger partial charge < -0.3 is 14.8 Å². The molecular formula is C18H18N2O4S. The van der Waals surface area contributed by atoms with E-state index in [4.69, 9.17) is 9.47 Å². The van der Waals surface area contributed by atoms with Crippen LogP contribution in [0.25, 0.3) is 10.2 Å². The van der Waals surface area contributed by atoms with E-state index in [1.807, 2.05) is 13.0 Å². The lowest BCUT2D eigenvalue weighted by molar-refractivity contribution is -0.118. The zero-order valence-corrected chi connectivity index (χ0v) is 14.8. The first-order chi connectivity index (χ1) is 12.1. The maximum Gasteiger partial charge on any atom is 0.308 e. The van der Waals surface area contributed by atoms with Crippen molar-refractivity contribution in [2.45, 2.75) is 13.5 Å². The third kappa shape index (κ3) is 3.83. The van der Waals surface area contributed by atoms with Gasteiger partial charge in [0.15, 0.2) is 6.61 Å². The number of methoxy groups -OCH3 is 1. The van der Waals surface area contributed by atoms with Gasteiger partial charge in [0, 0.05) is 12.2 Å². The summed E-state index contributed by atoms with van der Waals surface area (Å²) in [4.78, 5) is 23.9. The SMILES string of the molecule is CCn1c(=O)sc2cc(NC(=O)COc3ccc(OC)cc3)ccc21. The Bertz CT molecular complexity index is 944. The summed E-state index contributed by atoms with van der Waals surface area (Å²) in [5.41, 5.74) is 1.52. The quantitative estimate of drug-likeness (QED) is 0.735. The molecule has 25 heavy (non-hydrogen) atoms. The number of nitrogens with zero attached hydrogens (tertiary/aromatic N) is 1. The summed E-state index contributed by atoms with van der Waals surface area (Å²) in [6, 6.07) is 12.4. The summed E-state index contributed by atoms with van der Waals surface area (Å²) < 4.78 is 13.1. The molecule has 0 saturated heterocycles. The van der Waals surface area contributed by atoms with Crippen LogP contribution < -0.4 is 19.7 Å². The fraction of sp³-hybridized carbons (Fsp3) is 0.222. The lowest BCUT2D eigenvalue weighted by atomic mass is 10.3. The average molecular weight is 358 g/mol. The van der Waals surface area contributed by atoms with Crippen molar-refractivity contribution in [1.82, 2.24) is 4.57 Å². The average Bonchev–Trinajstić information content (AvgIpc) is 2.94. The number of thiazole rings is 1. The molecule has 130 valence electrons. The molecule has 3 rings (SSSR count). The number of carbonyl (C=O) groups excluding carboxylic acids is 1. The molecule has 7 heteroatoms. The predicted octanol–water partition coefficient (Wildman–Crippen LogP) is 3.11. The van der Waals surface area contributed by atoms with Crippen LogP contribution in [-0.2, 0) is 11.3 Å². The Hall–Kier alpha value is -2.80. The fourth-order valence-corrected chi connectivity index (χ4v) is 3.46. The van der Waals surface area contributed by atoms with E-state index < -0.39 is 0 Å². The molecule has 0 unspecified atom stereocenters. The normalized spacial score (nSPS) is 10.6. The van der Waals surface area contributed by atoms with Crippen LogP contribution in [0.4, 0.5) is 5.69 Å². The number of aryl methyl sites for hydroxylation is 1. The van der Waals surface area contributed by atoms with E-state index in [0.717, 1.165) is 16.0 Å². The second-order valence-electron chi connectivity index (χ2n) is 5.31. The summed E-state index contributed by atoms with van der Waals surface area (Å²) in [7, 11) is 1.59. The molecule has 0 aliphatic rings. The van der Waals surface area contributed by atoms with Crippen LogP contribution in [-0.4, -0.2) is 24.2 Å². The number of nitrogens with one attached hydrogen (secondary N) is 1. The van der Waals surface area contributed by atoms with Crippen LogP contribution in [0.3, 0.4) is 0 Å². The molecule has 0 aliphatic carbocycles. The number of rotatable bonds is 6. The van der Waals surface area contributed by atoms with Crippen molar-refractivity contribution in [3.05, 3.63) is 52.1 Å². The standard InChI is InChI=1S/C18H18N2O4S/c1-3-20-15-9-4-12(10-16(15)25-18(20)22)19-17(21)11-24-14-7-5-13(23-2)6-8-14/h4-10H,3,11H2,1-2H3,(H,19,21). The van der Waals surface area contributed by atoms with E-state index >= 15 is 0 Å². The molecule has 0 radical (unpaired) electrons. The van der Waals surface area contributed by atoms with Crippen molar-refractivity contribution in [3.8, 4) is 11.5 Å². The highest BCUT2D eigenvalue weighted by atomic mass is 32.1. The molecule has 1 aromatic heterocycles. The topological polar surface area (TPSA) is 69.6 Å². The first-order valence-electron chi connectivity index (χ1n) is 7.81. The van der Waals surface area contributed by atoms with Crippen molar-refractivity contribution >= 4 is 33.1 Å². The number of hydrogen-bond donors (Lipinski definition) is 1. The van der Waals surface area contributed by atoms with Gasteiger partial charge in [0.2, 0.25) is 0 Å². The lowest BCUT2D eigenvalue weighted by Gasteiger charge is -2.08. The Morgan fingerprint density at radius 3 is 2.56 bits per heavy atom. The van der Waals surface area contributed by atoms with Crippen LogP contribution in [0, 0.1) is 0 Å². The highest BCUT2D eigenvalue weighted by Gasteiger charge is 2.09. The second kappa shape index (κ2) is 7.40. The van der Waals surface area contributed by atoms with Crippen molar-refractivity contribution in [1.29, 1.82) is 0 Å². The molecule has 0 spiro atoms. The molecule has 1 N–H and O–H groups in total. The Labute approximate surface area is 148 Å². The summed E-state index contributed by atoms with van der Waals surface area (Å²) in [5, 5.41) is 2.78. The molecule has 0 saturated carbocycles. The van der Waals surface area contributed by atoms with Crippen LogP contribution in [0.1, 0.15) is 6.92 Å². The third-order valence-corrected chi connectivity index (χ3v) is 4.64. The van der Waals surface area contributed by atoms with Gasteiger partial charge in [0.25, 0.3) is 5.91 Å². The van der Waals surface area contributed by atoms with E-state index in [9.17, 15) is 9.59 Å². The summed E-state index contributed by atoms with van der Waals surface area (Å²) >= 11 is 1.17. The van der Waals surface area contributed by atoms with Gasteiger partial charge in [-0.15, -0.1) is 0 Å².